The van der Waals surface area contributed by atoms with E-state index in [1.165, 1.54) is 0 Å². The fourth-order valence-corrected chi connectivity index (χ4v) is 1.36. The maximum Gasteiger partial charge on any atom is 0.211 e. The van der Waals surface area contributed by atoms with Crippen molar-refractivity contribution in [2.75, 3.05) is 0 Å². The van der Waals surface area contributed by atoms with E-state index in [1.54, 1.807) is 6.07 Å². The van der Waals surface area contributed by atoms with Gasteiger partial charge in [0.25, 0.3) is 0 Å². The molecule has 5 nitrogen and oxygen atoms in total. The van der Waals surface area contributed by atoms with Crippen LogP contribution in [0.1, 0.15) is 0 Å². The number of nitrogens with two attached hydrogens (primary N) is 1. The van der Waals surface area contributed by atoms with Crippen LogP contribution < -0.4 is 5.73 Å². The van der Waals surface area contributed by atoms with Gasteiger partial charge >= 0.3 is 0 Å². The molecule has 0 aliphatic heterocycles. The van der Waals surface area contributed by atoms with Crippen molar-refractivity contribution in [1.29, 1.82) is 0 Å². The number of thiocarbonyl (C=S) groups is 1. The number of aromatic amines is 1. The summed E-state index contributed by atoms with van der Waals surface area (Å²) in [6, 6.07) is 7.26. The van der Waals surface area contributed by atoms with Crippen molar-refractivity contribution in [3.63, 3.8) is 0 Å². The molecule has 0 fully saturated rings. The van der Waals surface area contributed by atoms with Gasteiger partial charge in [0, 0.05) is 10.8 Å². The largest absolute Gasteiger partial charge is 0.494 e. The Bertz CT molecular complexity index is 546. The number of nitrogens with one attached hydrogen (secondary N) is 1. The van der Waals surface area contributed by atoms with Gasteiger partial charge in [-0.3, -0.25) is 0 Å². The molecular weight excluding hydrogens is 212 g/mol. The standard InChI is InChI=1S/C9H8N4OS/c10-9(15)13-12-7-5-3-1-2-4-6(5)8(14)11-7/h1-4,11,14H,(H2,10,15)/b13-12+. The fourth-order valence-electron chi connectivity index (χ4n) is 1.32. The third-order valence-corrected chi connectivity index (χ3v) is 2.00. The van der Waals surface area contributed by atoms with Crippen LogP contribution in [0, 0.1) is 0 Å². The summed E-state index contributed by atoms with van der Waals surface area (Å²) in [5.74, 6) is 0.499. The summed E-state index contributed by atoms with van der Waals surface area (Å²) in [4.78, 5) is 2.69. The Morgan fingerprint density at radius 3 is 2.67 bits per heavy atom. The molecule has 0 unspecified atom stereocenters. The van der Waals surface area contributed by atoms with E-state index >= 15 is 0 Å². The minimum absolute atomic E-state index is 0.0480. The topological polar surface area (TPSA) is 86.8 Å². The van der Waals surface area contributed by atoms with Crippen LogP contribution in [0.2, 0.25) is 0 Å². The van der Waals surface area contributed by atoms with Gasteiger partial charge in [0.1, 0.15) is 0 Å². The molecule has 0 atom stereocenters. The lowest BCUT2D eigenvalue weighted by atomic mass is 10.2. The summed E-state index contributed by atoms with van der Waals surface area (Å²) in [6.07, 6.45) is 0. The van der Waals surface area contributed by atoms with E-state index < -0.39 is 0 Å². The number of rotatable bonds is 1. The number of nitrogens with zero attached hydrogens (tertiary/aromatic N) is 2. The molecule has 0 radical (unpaired) electrons. The Balaban J connectivity index is 2.57. The van der Waals surface area contributed by atoms with Gasteiger partial charge in [0.2, 0.25) is 5.11 Å². The summed E-state index contributed by atoms with van der Waals surface area (Å²) in [5.41, 5.74) is 5.19. The first-order valence-corrected chi connectivity index (χ1v) is 4.60. The molecule has 0 saturated carbocycles. The summed E-state index contributed by atoms with van der Waals surface area (Å²) in [7, 11) is 0. The Morgan fingerprint density at radius 2 is 2.00 bits per heavy atom. The van der Waals surface area contributed by atoms with Crippen molar-refractivity contribution in [1.82, 2.24) is 4.98 Å². The van der Waals surface area contributed by atoms with E-state index in [2.05, 4.69) is 27.4 Å². The normalized spacial score (nSPS) is 11.2. The van der Waals surface area contributed by atoms with E-state index in [9.17, 15) is 5.11 Å². The third kappa shape index (κ3) is 1.79. The molecule has 2 aromatic rings. The van der Waals surface area contributed by atoms with Crippen LogP contribution in [0.15, 0.2) is 34.5 Å². The molecule has 1 heterocycles. The lowest BCUT2D eigenvalue weighted by molar-refractivity contribution is 0.463. The van der Waals surface area contributed by atoms with Gasteiger partial charge in [-0.1, -0.05) is 18.2 Å². The molecule has 1 aromatic heterocycles. The molecule has 2 rings (SSSR count). The highest BCUT2D eigenvalue weighted by Crippen LogP contribution is 2.32. The molecule has 0 saturated heterocycles. The maximum absolute atomic E-state index is 9.54. The lowest BCUT2D eigenvalue weighted by Crippen LogP contribution is -2.01. The van der Waals surface area contributed by atoms with Crippen LogP contribution in [0.25, 0.3) is 10.8 Å². The van der Waals surface area contributed by atoms with Gasteiger partial charge in [0.05, 0.1) is 0 Å². The van der Waals surface area contributed by atoms with Crippen LogP contribution in [0.4, 0.5) is 5.82 Å². The summed E-state index contributed by atoms with van der Waals surface area (Å²) in [5, 5.41) is 18.3. The van der Waals surface area contributed by atoms with Gasteiger partial charge in [-0.25, -0.2) is 0 Å². The molecule has 0 bridgehead atoms. The van der Waals surface area contributed by atoms with Crippen LogP contribution in [0.5, 0.6) is 5.88 Å². The highest BCUT2D eigenvalue weighted by atomic mass is 32.1. The number of benzene rings is 1. The highest BCUT2D eigenvalue weighted by Gasteiger charge is 2.07. The van der Waals surface area contributed by atoms with Crippen molar-refractivity contribution >= 4 is 33.9 Å². The van der Waals surface area contributed by atoms with E-state index in [-0.39, 0.29) is 11.0 Å². The Labute approximate surface area is 90.6 Å². The second-order valence-corrected chi connectivity index (χ2v) is 3.32. The maximum atomic E-state index is 9.54. The number of aromatic hydroxyl groups is 1. The van der Waals surface area contributed by atoms with Crippen molar-refractivity contribution in [3.8, 4) is 5.88 Å². The number of fused-ring (bicyclic) bond motifs is 1. The molecule has 6 heteroatoms. The van der Waals surface area contributed by atoms with Gasteiger partial charge < -0.3 is 15.8 Å². The average molecular weight is 220 g/mol. The molecule has 1 aromatic carbocycles. The molecule has 0 aliphatic rings. The zero-order chi connectivity index (χ0) is 10.8. The van der Waals surface area contributed by atoms with Crippen molar-refractivity contribution in [3.05, 3.63) is 24.3 Å². The number of H-pyrrole nitrogens is 1. The van der Waals surface area contributed by atoms with E-state index in [0.29, 0.717) is 11.2 Å². The smallest absolute Gasteiger partial charge is 0.211 e. The summed E-state index contributed by atoms with van der Waals surface area (Å²) < 4.78 is 0. The average Bonchev–Trinajstić information content (AvgIpc) is 2.54. The van der Waals surface area contributed by atoms with Gasteiger partial charge in [-0.15, -0.1) is 10.2 Å². The molecule has 0 amide bonds. The minimum Gasteiger partial charge on any atom is -0.494 e. The van der Waals surface area contributed by atoms with E-state index in [0.717, 1.165) is 5.39 Å². The highest BCUT2D eigenvalue weighted by molar-refractivity contribution is 7.80. The van der Waals surface area contributed by atoms with Gasteiger partial charge in [-0.2, -0.15) is 0 Å². The number of aromatic nitrogens is 1. The van der Waals surface area contributed by atoms with E-state index in [1.807, 2.05) is 18.2 Å². The number of hydrogen-bond acceptors (Lipinski definition) is 3. The molecule has 0 spiro atoms. The Morgan fingerprint density at radius 1 is 1.33 bits per heavy atom. The molecular formula is C9H8N4OS. The minimum atomic E-state index is -0.0480. The fraction of sp³-hybridized carbons (Fsp3) is 0. The van der Waals surface area contributed by atoms with Crippen molar-refractivity contribution in [2.45, 2.75) is 0 Å². The second kappa shape index (κ2) is 3.66. The first-order valence-electron chi connectivity index (χ1n) is 4.19. The van der Waals surface area contributed by atoms with Crippen LogP contribution in [-0.4, -0.2) is 15.2 Å². The van der Waals surface area contributed by atoms with Crippen molar-refractivity contribution in [2.24, 2.45) is 16.0 Å². The van der Waals surface area contributed by atoms with Crippen LogP contribution in [0.3, 0.4) is 0 Å². The summed E-state index contributed by atoms with van der Waals surface area (Å²) >= 11 is 4.57. The predicted octanol–water partition coefficient (Wildman–Crippen LogP) is 2.20. The SMILES string of the molecule is NC(=S)/N=N/c1[nH]c(O)c2ccccc12. The lowest BCUT2D eigenvalue weighted by Gasteiger charge is -1.88. The van der Waals surface area contributed by atoms with Crippen molar-refractivity contribution < 1.29 is 5.11 Å². The van der Waals surface area contributed by atoms with Crippen LogP contribution >= 0.6 is 12.2 Å². The predicted molar refractivity (Wildman–Crippen MR) is 61.3 cm³/mol. The first-order chi connectivity index (χ1) is 7.18. The number of hydrogen-bond donors (Lipinski definition) is 3. The van der Waals surface area contributed by atoms with E-state index in [4.69, 9.17) is 5.73 Å². The summed E-state index contributed by atoms with van der Waals surface area (Å²) in [6.45, 7) is 0. The van der Waals surface area contributed by atoms with Gasteiger partial charge in [-0.05, 0) is 18.3 Å². The third-order valence-electron chi connectivity index (χ3n) is 1.92. The second-order valence-electron chi connectivity index (χ2n) is 2.91. The monoisotopic (exact) mass is 220 g/mol. The Hall–Kier alpha value is -1.95. The molecule has 76 valence electrons. The van der Waals surface area contributed by atoms with Gasteiger partial charge in [0.15, 0.2) is 11.7 Å². The number of azo groups is 1. The zero-order valence-corrected chi connectivity index (χ0v) is 8.45. The zero-order valence-electron chi connectivity index (χ0n) is 7.64. The molecule has 15 heavy (non-hydrogen) atoms. The Kier molecular flexibility index (Phi) is 2.34. The first kappa shape index (κ1) is 9.60. The molecule has 4 N–H and O–H groups in total. The quantitative estimate of drug-likeness (QED) is 0.508. The van der Waals surface area contributed by atoms with Crippen LogP contribution in [-0.2, 0) is 0 Å². The molecule has 0 aliphatic carbocycles.